The first-order valence-corrected chi connectivity index (χ1v) is 15.4. The summed E-state index contributed by atoms with van der Waals surface area (Å²) in [5.41, 5.74) is 2.91. The highest BCUT2D eigenvalue weighted by Crippen LogP contribution is 2.28. The second-order valence-electron chi connectivity index (χ2n) is 9.77. The number of hydrogen-bond donors (Lipinski definition) is 1. The second-order valence-corrected chi connectivity index (χ2v) is 12.5. The minimum absolute atomic E-state index is 0.0445. The Labute approximate surface area is 256 Å². The van der Waals surface area contributed by atoms with Crippen molar-refractivity contribution < 1.29 is 18.0 Å². The number of likely N-dealkylation sites (N-methyl/N-ethyl adjacent to an activating group) is 1. The molecule has 0 saturated heterocycles. The fraction of sp³-hybridized carbons (Fsp3) is 0.188. The topological polar surface area (TPSA) is 86.8 Å². The maximum atomic E-state index is 14.3. The first kappa shape index (κ1) is 31.1. The molecule has 0 aliphatic rings. The van der Waals surface area contributed by atoms with E-state index in [0.29, 0.717) is 10.0 Å². The number of halogens is 2. The van der Waals surface area contributed by atoms with Gasteiger partial charge in [-0.2, -0.15) is 0 Å². The van der Waals surface area contributed by atoms with E-state index in [0.717, 1.165) is 21.0 Å². The number of amides is 2. The van der Waals surface area contributed by atoms with Crippen LogP contribution in [0.2, 0.25) is 10.0 Å². The van der Waals surface area contributed by atoms with Gasteiger partial charge >= 0.3 is 0 Å². The fourth-order valence-electron chi connectivity index (χ4n) is 4.50. The Kier molecular flexibility index (Phi) is 10.3. The van der Waals surface area contributed by atoms with E-state index in [4.69, 9.17) is 23.2 Å². The van der Waals surface area contributed by atoms with E-state index in [9.17, 15) is 18.0 Å². The molecule has 1 N–H and O–H groups in total. The van der Waals surface area contributed by atoms with Crippen LogP contribution in [-0.4, -0.2) is 44.8 Å². The predicted octanol–water partition coefficient (Wildman–Crippen LogP) is 5.88. The molecule has 42 heavy (non-hydrogen) atoms. The zero-order valence-electron chi connectivity index (χ0n) is 23.2. The van der Waals surface area contributed by atoms with E-state index in [2.05, 4.69) is 5.32 Å². The Balaban J connectivity index is 1.78. The van der Waals surface area contributed by atoms with Crippen LogP contribution in [0.4, 0.5) is 5.69 Å². The normalized spacial score (nSPS) is 11.9. The molecule has 0 unspecified atom stereocenters. The standard InChI is InChI=1S/C32H31Cl2N3O4S/c1-23-11-13-25(14-12-23)21-36(30(32(39)35-2)19-24-7-4-3-5-8-24)31(38)22-37(28-10-6-9-27(34)20-28)42(40,41)29-17-15-26(33)16-18-29/h3-18,20,30H,19,21-22H2,1-2H3,(H,35,39)/t30-/m0/s1. The maximum Gasteiger partial charge on any atom is 0.264 e. The Morgan fingerprint density at radius 3 is 2.10 bits per heavy atom. The molecule has 4 aromatic rings. The Morgan fingerprint density at radius 2 is 1.48 bits per heavy atom. The number of nitrogens with one attached hydrogen (secondary N) is 1. The van der Waals surface area contributed by atoms with E-state index in [1.165, 1.54) is 42.3 Å². The van der Waals surface area contributed by atoms with E-state index in [1.54, 1.807) is 18.2 Å². The van der Waals surface area contributed by atoms with Crippen LogP contribution in [0.15, 0.2) is 108 Å². The van der Waals surface area contributed by atoms with Gasteiger partial charge in [-0.25, -0.2) is 8.42 Å². The molecule has 1 atom stereocenters. The summed E-state index contributed by atoms with van der Waals surface area (Å²) < 4.78 is 28.9. The Hall–Kier alpha value is -3.85. The molecule has 0 saturated carbocycles. The van der Waals surface area contributed by atoms with Crippen LogP contribution < -0.4 is 9.62 Å². The summed E-state index contributed by atoms with van der Waals surface area (Å²) in [5.74, 6) is -0.924. The van der Waals surface area contributed by atoms with Gasteiger partial charge in [-0.3, -0.25) is 13.9 Å². The summed E-state index contributed by atoms with van der Waals surface area (Å²) in [6, 6.07) is 28.1. The van der Waals surface area contributed by atoms with Crippen LogP contribution in [0.25, 0.3) is 0 Å². The third-order valence-electron chi connectivity index (χ3n) is 6.77. The molecule has 0 aliphatic heterocycles. The first-order chi connectivity index (χ1) is 20.1. The average molecular weight is 625 g/mol. The highest BCUT2D eigenvalue weighted by atomic mass is 35.5. The van der Waals surface area contributed by atoms with Crippen molar-refractivity contribution in [3.63, 3.8) is 0 Å². The highest BCUT2D eigenvalue weighted by molar-refractivity contribution is 7.92. The lowest BCUT2D eigenvalue weighted by molar-refractivity contribution is -0.139. The van der Waals surface area contributed by atoms with Gasteiger partial charge in [-0.15, -0.1) is 0 Å². The number of benzene rings is 4. The van der Waals surface area contributed by atoms with E-state index in [-0.39, 0.29) is 29.5 Å². The fourth-order valence-corrected chi connectivity index (χ4v) is 6.22. The first-order valence-electron chi connectivity index (χ1n) is 13.2. The minimum Gasteiger partial charge on any atom is -0.357 e. The molecule has 7 nitrogen and oxygen atoms in total. The summed E-state index contributed by atoms with van der Waals surface area (Å²) in [4.78, 5) is 28.9. The van der Waals surface area contributed by atoms with Gasteiger partial charge in [0.05, 0.1) is 10.6 Å². The largest absolute Gasteiger partial charge is 0.357 e. The summed E-state index contributed by atoms with van der Waals surface area (Å²) in [6.07, 6.45) is 0.235. The lowest BCUT2D eigenvalue weighted by Crippen LogP contribution is -2.53. The maximum absolute atomic E-state index is 14.3. The van der Waals surface area contributed by atoms with Crippen molar-refractivity contribution >= 4 is 50.7 Å². The number of carbonyl (C=O) groups excluding carboxylic acids is 2. The van der Waals surface area contributed by atoms with Crippen molar-refractivity contribution in [2.24, 2.45) is 0 Å². The average Bonchev–Trinajstić information content (AvgIpc) is 2.98. The molecular formula is C32H31Cl2N3O4S. The lowest BCUT2D eigenvalue weighted by Gasteiger charge is -2.33. The number of nitrogens with zero attached hydrogens (tertiary/aromatic N) is 2. The third kappa shape index (κ3) is 7.70. The SMILES string of the molecule is CNC(=O)[C@H](Cc1ccccc1)N(Cc1ccc(C)cc1)C(=O)CN(c1cccc(Cl)c1)S(=O)(=O)c1ccc(Cl)cc1. The van der Waals surface area contributed by atoms with Crippen LogP contribution in [0.3, 0.4) is 0 Å². The van der Waals surface area contributed by atoms with E-state index < -0.39 is 28.5 Å². The van der Waals surface area contributed by atoms with Gasteiger partial charge in [-0.05, 0) is 60.5 Å². The molecule has 0 heterocycles. The van der Waals surface area contributed by atoms with Crippen LogP contribution >= 0.6 is 23.2 Å². The van der Waals surface area contributed by atoms with Crippen molar-refractivity contribution in [3.05, 3.63) is 130 Å². The van der Waals surface area contributed by atoms with Crippen molar-refractivity contribution in [1.82, 2.24) is 10.2 Å². The number of anilines is 1. The molecule has 4 rings (SSSR count). The summed E-state index contributed by atoms with van der Waals surface area (Å²) in [7, 11) is -2.73. The second kappa shape index (κ2) is 13.9. The van der Waals surface area contributed by atoms with Gasteiger partial charge in [0.25, 0.3) is 10.0 Å². The monoisotopic (exact) mass is 623 g/mol. The minimum atomic E-state index is -4.24. The van der Waals surface area contributed by atoms with E-state index in [1.807, 2.05) is 61.5 Å². The predicted molar refractivity (Wildman–Crippen MR) is 167 cm³/mol. The van der Waals surface area contributed by atoms with Gasteiger partial charge in [0.2, 0.25) is 11.8 Å². The van der Waals surface area contributed by atoms with Gasteiger partial charge in [0.15, 0.2) is 0 Å². The van der Waals surface area contributed by atoms with Gasteiger partial charge in [-0.1, -0.05) is 89.4 Å². The molecule has 2 amide bonds. The summed E-state index contributed by atoms with van der Waals surface area (Å²) in [5, 5.41) is 3.35. The molecular weight excluding hydrogens is 593 g/mol. The van der Waals surface area contributed by atoms with Crippen molar-refractivity contribution in [2.45, 2.75) is 30.8 Å². The molecule has 218 valence electrons. The third-order valence-corrected chi connectivity index (χ3v) is 9.04. The van der Waals surface area contributed by atoms with Crippen LogP contribution in [0.5, 0.6) is 0 Å². The number of carbonyl (C=O) groups is 2. The van der Waals surface area contributed by atoms with Crippen molar-refractivity contribution in [3.8, 4) is 0 Å². The lowest BCUT2D eigenvalue weighted by atomic mass is 10.0. The zero-order valence-corrected chi connectivity index (χ0v) is 25.5. The van der Waals surface area contributed by atoms with Gasteiger partial charge < -0.3 is 10.2 Å². The summed E-state index contributed by atoms with van der Waals surface area (Å²) >= 11 is 12.3. The number of sulfonamides is 1. The van der Waals surface area contributed by atoms with E-state index >= 15 is 0 Å². The molecule has 0 aromatic heterocycles. The molecule has 0 radical (unpaired) electrons. The highest BCUT2D eigenvalue weighted by Gasteiger charge is 2.34. The van der Waals surface area contributed by atoms with Crippen LogP contribution in [0, 0.1) is 6.92 Å². The smallest absolute Gasteiger partial charge is 0.264 e. The van der Waals surface area contributed by atoms with Crippen LogP contribution in [-0.2, 0) is 32.6 Å². The van der Waals surface area contributed by atoms with Gasteiger partial charge in [0, 0.05) is 30.1 Å². The number of aryl methyl sites for hydroxylation is 1. The molecule has 4 aromatic carbocycles. The number of hydrogen-bond acceptors (Lipinski definition) is 4. The molecule has 0 bridgehead atoms. The Morgan fingerprint density at radius 1 is 0.810 bits per heavy atom. The zero-order chi connectivity index (χ0) is 30.3. The van der Waals surface area contributed by atoms with Crippen molar-refractivity contribution in [2.75, 3.05) is 17.9 Å². The number of rotatable bonds is 11. The van der Waals surface area contributed by atoms with Gasteiger partial charge in [0.1, 0.15) is 12.6 Å². The summed E-state index contributed by atoms with van der Waals surface area (Å²) in [6.45, 7) is 1.48. The molecule has 10 heteroatoms. The molecule has 0 aliphatic carbocycles. The quantitative estimate of drug-likeness (QED) is 0.226. The van der Waals surface area contributed by atoms with Crippen molar-refractivity contribution in [1.29, 1.82) is 0 Å². The van der Waals surface area contributed by atoms with Crippen LogP contribution in [0.1, 0.15) is 16.7 Å². The molecule has 0 spiro atoms. The molecule has 0 fully saturated rings. The Bertz CT molecular complexity index is 1630.